The summed E-state index contributed by atoms with van der Waals surface area (Å²) in [4.78, 5) is 33.9. The van der Waals surface area contributed by atoms with Gasteiger partial charge in [-0.2, -0.15) is 0 Å². The van der Waals surface area contributed by atoms with Gasteiger partial charge in [-0.1, -0.05) is 12.1 Å². The molecule has 2 rings (SSSR count). The number of aryl methyl sites for hydroxylation is 1. The number of nitrogens with one attached hydrogen (secondary N) is 1. The maximum absolute atomic E-state index is 12.3. The summed E-state index contributed by atoms with van der Waals surface area (Å²) in [6.45, 7) is 1.54. The second kappa shape index (κ2) is 7.43. The molecule has 1 amide bonds. The average Bonchev–Trinajstić information content (AvgIpc) is 2.55. The van der Waals surface area contributed by atoms with E-state index in [0.717, 1.165) is 0 Å². The Morgan fingerprint density at radius 3 is 2.36 bits per heavy atom. The Labute approximate surface area is 142 Å². The van der Waals surface area contributed by atoms with E-state index in [1.807, 2.05) is 0 Å². The van der Waals surface area contributed by atoms with Gasteiger partial charge in [-0.25, -0.2) is 4.79 Å². The Bertz CT molecular complexity index is 816. The quantitative estimate of drug-likeness (QED) is 0.543. The van der Waals surface area contributed by atoms with Crippen LogP contribution in [0, 0.1) is 17.0 Å². The number of amides is 1. The number of nitrogens with zero attached hydrogens (tertiary/aromatic N) is 1. The lowest BCUT2D eigenvalue weighted by Gasteiger charge is -2.15. The molecule has 0 fully saturated rings. The van der Waals surface area contributed by atoms with E-state index in [-0.39, 0.29) is 23.4 Å². The Morgan fingerprint density at radius 1 is 1.20 bits per heavy atom. The van der Waals surface area contributed by atoms with Crippen LogP contribution in [0.1, 0.15) is 21.5 Å². The number of phenolic OH excluding ortho intramolecular Hbond substituents is 1. The molecule has 0 aromatic heterocycles. The minimum Gasteiger partial charge on any atom is -0.508 e. The highest BCUT2D eigenvalue weighted by Gasteiger charge is 2.22. The number of aromatic hydroxyl groups is 1. The zero-order chi connectivity index (χ0) is 18.6. The average molecular weight is 344 g/mol. The molecule has 1 atom stereocenters. The molecule has 8 nitrogen and oxygen atoms in total. The molecule has 8 heteroatoms. The maximum Gasteiger partial charge on any atom is 0.326 e. The Balaban J connectivity index is 2.16. The van der Waals surface area contributed by atoms with Gasteiger partial charge < -0.3 is 15.5 Å². The van der Waals surface area contributed by atoms with E-state index < -0.39 is 22.8 Å². The van der Waals surface area contributed by atoms with E-state index in [1.165, 1.54) is 37.3 Å². The highest BCUT2D eigenvalue weighted by atomic mass is 16.6. The zero-order valence-electron chi connectivity index (χ0n) is 13.3. The Morgan fingerprint density at radius 2 is 1.84 bits per heavy atom. The van der Waals surface area contributed by atoms with Crippen LogP contribution in [0.5, 0.6) is 5.75 Å². The van der Waals surface area contributed by atoms with Crippen molar-refractivity contribution < 1.29 is 24.7 Å². The summed E-state index contributed by atoms with van der Waals surface area (Å²) in [7, 11) is 0. The summed E-state index contributed by atoms with van der Waals surface area (Å²) in [5.74, 6) is -1.78. The van der Waals surface area contributed by atoms with Crippen LogP contribution in [0.25, 0.3) is 0 Å². The number of benzene rings is 2. The van der Waals surface area contributed by atoms with Crippen LogP contribution in [0.4, 0.5) is 5.69 Å². The smallest absolute Gasteiger partial charge is 0.326 e. The number of rotatable bonds is 6. The topological polar surface area (TPSA) is 130 Å². The van der Waals surface area contributed by atoms with Crippen molar-refractivity contribution >= 4 is 17.6 Å². The predicted molar refractivity (Wildman–Crippen MR) is 88.5 cm³/mol. The first kappa shape index (κ1) is 17.9. The molecule has 0 saturated carbocycles. The number of nitro groups is 1. The standard InChI is InChI=1S/C17H16N2O6/c1-10-8-12(19(24)25)4-7-14(10)16(21)18-15(17(22)23)9-11-2-5-13(20)6-3-11/h2-8,15,20H,9H2,1H3,(H,18,21)(H,22,23). The number of phenols is 1. The molecule has 0 aliphatic rings. The molecule has 0 saturated heterocycles. The number of hydrogen-bond donors (Lipinski definition) is 3. The van der Waals surface area contributed by atoms with E-state index in [9.17, 15) is 29.9 Å². The van der Waals surface area contributed by atoms with Crippen LogP contribution in [0.2, 0.25) is 0 Å². The van der Waals surface area contributed by atoms with Crippen LogP contribution in [0.3, 0.4) is 0 Å². The van der Waals surface area contributed by atoms with Gasteiger partial charge in [0.15, 0.2) is 0 Å². The van der Waals surface area contributed by atoms with Gasteiger partial charge in [0.1, 0.15) is 11.8 Å². The third-order valence-corrected chi connectivity index (χ3v) is 3.65. The fourth-order valence-corrected chi connectivity index (χ4v) is 2.32. The molecule has 0 aliphatic carbocycles. The van der Waals surface area contributed by atoms with Gasteiger partial charge in [-0.3, -0.25) is 14.9 Å². The predicted octanol–water partition coefficient (Wildman–Crippen LogP) is 2.03. The van der Waals surface area contributed by atoms with Crippen molar-refractivity contribution in [3.63, 3.8) is 0 Å². The van der Waals surface area contributed by atoms with Crippen LogP contribution < -0.4 is 5.32 Å². The molecule has 1 unspecified atom stereocenters. The Kier molecular flexibility index (Phi) is 5.33. The summed E-state index contributed by atoms with van der Waals surface area (Å²) in [6.07, 6.45) is 0.0351. The lowest BCUT2D eigenvalue weighted by molar-refractivity contribution is -0.384. The van der Waals surface area contributed by atoms with Crippen LogP contribution in [-0.2, 0) is 11.2 Å². The molecular formula is C17H16N2O6. The molecule has 0 bridgehead atoms. The van der Waals surface area contributed by atoms with Crippen molar-refractivity contribution in [1.29, 1.82) is 0 Å². The van der Waals surface area contributed by atoms with Crippen molar-refractivity contribution in [2.75, 3.05) is 0 Å². The Hall–Kier alpha value is -3.42. The summed E-state index contributed by atoms with van der Waals surface area (Å²) in [5, 5.41) is 31.7. The lowest BCUT2D eigenvalue weighted by Crippen LogP contribution is -2.42. The van der Waals surface area contributed by atoms with Gasteiger partial charge in [0, 0.05) is 24.1 Å². The number of carboxylic acid groups (broad SMARTS) is 1. The molecule has 0 heterocycles. The molecule has 0 aliphatic heterocycles. The van der Waals surface area contributed by atoms with Gasteiger partial charge in [0.25, 0.3) is 11.6 Å². The maximum atomic E-state index is 12.3. The minimum atomic E-state index is -1.21. The van der Waals surface area contributed by atoms with Gasteiger partial charge >= 0.3 is 5.97 Å². The summed E-state index contributed by atoms with van der Waals surface area (Å²) in [5.41, 5.74) is 1.03. The summed E-state index contributed by atoms with van der Waals surface area (Å²) < 4.78 is 0. The van der Waals surface area contributed by atoms with Crippen molar-refractivity contribution in [1.82, 2.24) is 5.32 Å². The van der Waals surface area contributed by atoms with E-state index in [2.05, 4.69) is 5.32 Å². The van der Waals surface area contributed by atoms with Crippen molar-refractivity contribution in [3.05, 3.63) is 69.3 Å². The van der Waals surface area contributed by atoms with Crippen molar-refractivity contribution in [3.8, 4) is 5.75 Å². The first-order valence-electron chi connectivity index (χ1n) is 7.34. The SMILES string of the molecule is Cc1cc([N+](=O)[O-])ccc1C(=O)NC(Cc1ccc(O)cc1)C(=O)O. The van der Waals surface area contributed by atoms with Gasteiger partial charge in [0.2, 0.25) is 0 Å². The molecular weight excluding hydrogens is 328 g/mol. The van der Waals surface area contributed by atoms with Crippen LogP contribution in [0.15, 0.2) is 42.5 Å². The minimum absolute atomic E-state index is 0.0351. The number of carbonyl (C=O) groups is 2. The number of aliphatic carboxylic acids is 1. The highest BCUT2D eigenvalue weighted by Crippen LogP contribution is 2.17. The van der Waals surface area contributed by atoms with Gasteiger partial charge in [-0.05, 0) is 36.2 Å². The van der Waals surface area contributed by atoms with Crippen molar-refractivity contribution in [2.24, 2.45) is 0 Å². The van der Waals surface area contributed by atoms with Crippen LogP contribution >= 0.6 is 0 Å². The molecule has 25 heavy (non-hydrogen) atoms. The molecule has 2 aromatic rings. The third kappa shape index (κ3) is 4.54. The van der Waals surface area contributed by atoms with E-state index >= 15 is 0 Å². The van der Waals surface area contributed by atoms with E-state index in [4.69, 9.17) is 0 Å². The summed E-state index contributed by atoms with van der Waals surface area (Å²) in [6, 6.07) is 8.55. The van der Waals surface area contributed by atoms with E-state index in [1.54, 1.807) is 12.1 Å². The van der Waals surface area contributed by atoms with Crippen molar-refractivity contribution in [2.45, 2.75) is 19.4 Å². The monoisotopic (exact) mass is 344 g/mol. The van der Waals surface area contributed by atoms with Gasteiger partial charge in [-0.15, -0.1) is 0 Å². The second-order valence-electron chi connectivity index (χ2n) is 5.49. The number of nitro benzene ring substituents is 1. The number of carbonyl (C=O) groups excluding carboxylic acids is 1. The highest BCUT2D eigenvalue weighted by molar-refractivity contribution is 5.98. The molecule has 3 N–H and O–H groups in total. The zero-order valence-corrected chi connectivity index (χ0v) is 13.3. The number of non-ortho nitro benzene ring substituents is 1. The first-order chi connectivity index (χ1) is 11.8. The fourth-order valence-electron chi connectivity index (χ4n) is 2.32. The number of carboxylic acids is 1. The first-order valence-corrected chi connectivity index (χ1v) is 7.34. The third-order valence-electron chi connectivity index (χ3n) is 3.65. The van der Waals surface area contributed by atoms with E-state index in [0.29, 0.717) is 11.1 Å². The molecule has 0 radical (unpaired) electrons. The normalized spacial score (nSPS) is 11.6. The molecule has 0 spiro atoms. The second-order valence-corrected chi connectivity index (χ2v) is 5.49. The molecule has 2 aromatic carbocycles. The van der Waals surface area contributed by atoms with Gasteiger partial charge in [0.05, 0.1) is 4.92 Å². The lowest BCUT2D eigenvalue weighted by atomic mass is 10.0. The summed E-state index contributed by atoms with van der Waals surface area (Å²) >= 11 is 0. The fraction of sp³-hybridized carbons (Fsp3) is 0.176. The number of hydrogen-bond acceptors (Lipinski definition) is 5. The van der Waals surface area contributed by atoms with Crippen LogP contribution in [-0.4, -0.2) is 33.1 Å². The molecule has 130 valence electrons. The largest absolute Gasteiger partial charge is 0.508 e.